The maximum Gasteiger partial charge on any atom is 0.322 e. The van der Waals surface area contributed by atoms with Crippen molar-refractivity contribution in [3.05, 3.63) is 41.7 Å². The molecule has 0 bridgehead atoms. The molecule has 1 heterocycles. The fourth-order valence-corrected chi connectivity index (χ4v) is 2.26. The molecule has 0 unspecified atom stereocenters. The third kappa shape index (κ3) is 2.27. The Morgan fingerprint density at radius 3 is 2.50 bits per heavy atom. The predicted molar refractivity (Wildman–Crippen MR) is 69.6 cm³/mol. The minimum Gasteiger partial charge on any atom is -0.424 e. The van der Waals surface area contributed by atoms with Gasteiger partial charge < -0.3 is 10.5 Å². The summed E-state index contributed by atoms with van der Waals surface area (Å²) in [6.07, 6.45) is 7.94. The van der Waals surface area contributed by atoms with Crippen LogP contribution in [0.3, 0.4) is 0 Å². The fraction of sp³-hybridized carbons (Fsp3) is 0.286. The molecule has 0 fully saturated rings. The lowest BCUT2D eigenvalue weighted by Gasteiger charge is -2.16. The van der Waals surface area contributed by atoms with Crippen LogP contribution < -0.4 is 10.5 Å². The lowest BCUT2D eigenvalue weighted by atomic mass is 9.92. The van der Waals surface area contributed by atoms with Crippen molar-refractivity contribution in [2.45, 2.75) is 25.7 Å². The first-order valence-corrected chi connectivity index (χ1v) is 6.18. The summed E-state index contributed by atoms with van der Waals surface area (Å²) < 4.78 is 5.62. The van der Waals surface area contributed by atoms with Crippen LogP contribution in [0.15, 0.2) is 30.6 Å². The second-order valence-electron chi connectivity index (χ2n) is 4.54. The maximum atomic E-state index is 5.62. The summed E-state index contributed by atoms with van der Waals surface area (Å²) in [7, 11) is 0. The number of benzene rings is 1. The Labute approximate surface area is 106 Å². The van der Waals surface area contributed by atoms with Gasteiger partial charge >= 0.3 is 6.01 Å². The Bertz CT molecular complexity index is 551. The standard InChI is InChI=1S/C14H15N3O/c15-12-8-16-14(17-9-12)18-13-6-5-10-3-1-2-4-11(10)7-13/h5-9H,1-4,15H2. The van der Waals surface area contributed by atoms with E-state index in [2.05, 4.69) is 22.1 Å². The number of hydrogen-bond donors (Lipinski definition) is 1. The number of anilines is 1. The first-order valence-electron chi connectivity index (χ1n) is 6.18. The summed E-state index contributed by atoms with van der Waals surface area (Å²) in [5.74, 6) is 0.792. The second kappa shape index (κ2) is 4.64. The topological polar surface area (TPSA) is 61.0 Å². The molecule has 0 atom stereocenters. The predicted octanol–water partition coefficient (Wildman–Crippen LogP) is 2.73. The number of nitrogens with zero attached hydrogens (tertiary/aromatic N) is 2. The summed E-state index contributed by atoms with van der Waals surface area (Å²) in [5, 5.41) is 0. The van der Waals surface area contributed by atoms with Gasteiger partial charge in [0.2, 0.25) is 0 Å². The second-order valence-corrected chi connectivity index (χ2v) is 4.54. The van der Waals surface area contributed by atoms with Gasteiger partial charge in [0, 0.05) is 0 Å². The van der Waals surface area contributed by atoms with Crippen LogP contribution in [-0.2, 0) is 12.8 Å². The summed E-state index contributed by atoms with van der Waals surface area (Å²) in [4.78, 5) is 8.05. The summed E-state index contributed by atoms with van der Waals surface area (Å²) >= 11 is 0. The van der Waals surface area contributed by atoms with Gasteiger partial charge in [0.15, 0.2) is 0 Å². The minimum absolute atomic E-state index is 0.333. The highest BCUT2D eigenvalue weighted by Crippen LogP contribution is 2.27. The molecule has 4 nitrogen and oxygen atoms in total. The van der Waals surface area contributed by atoms with Crippen LogP contribution in [0, 0.1) is 0 Å². The third-order valence-corrected chi connectivity index (χ3v) is 3.18. The van der Waals surface area contributed by atoms with Gasteiger partial charge in [-0.2, -0.15) is 0 Å². The number of hydrogen-bond acceptors (Lipinski definition) is 4. The molecule has 0 spiro atoms. The van der Waals surface area contributed by atoms with Crippen LogP contribution >= 0.6 is 0 Å². The molecule has 92 valence electrons. The van der Waals surface area contributed by atoms with Gasteiger partial charge in [-0.3, -0.25) is 0 Å². The van der Waals surface area contributed by atoms with E-state index in [-0.39, 0.29) is 0 Å². The van der Waals surface area contributed by atoms with Crippen molar-refractivity contribution in [2.75, 3.05) is 5.73 Å². The lowest BCUT2D eigenvalue weighted by molar-refractivity contribution is 0.440. The van der Waals surface area contributed by atoms with Crippen molar-refractivity contribution >= 4 is 5.69 Å². The van der Waals surface area contributed by atoms with Crippen molar-refractivity contribution in [3.63, 3.8) is 0 Å². The molecule has 0 amide bonds. The van der Waals surface area contributed by atoms with E-state index in [9.17, 15) is 0 Å². The van der Waals surface area contributed by atoms with Crippen molar-refractivity contribution in [3.8, 4) is 11.8 Å². The van der Waals surface area contributed by atoms with E-state index in [1.165, 1.54) is 30.4 Å². The Kier molecular flexibility index (Phi) is 2.84. The molecule has 2 N–H and O–H groups in total. The Morgan fingerprint density at radius 1 is 1.00 bits per heavy atom. The maximum absolute atomic E-state index is 5.62. The quantitative estimate of drug-likeness (QED) is 0.878. The smallest absolute Gasteiger partial charge is 0.322 e. The van der Waals surface area contributed by atoms with Crippen LogP contribution in [0.25, 0.3) is 0 Å². The number of aromatic nitrogens is 2. The summed E-state index contributed by atoms with van der Waals surface area (Å²) in [5.41, 5.74) is 8.89. The van der Waals surface area contributed by atoms with Crippen LogP contribution in [0.5, 0.6) is 11.8 Å². The first kappa shape index (κ1) is 11.0. The highest BCUT2D eigenvalue weighted by atomic mass is 16.5. The molecule has 0 radical (unpaired) electrons. The number of rotatable bonds is 2. The number of aryl methyl sites for hydroxylation is 2. The van der Waals surface area contributed by atoms with Crippen molar-refractivity contribution in [1.82, 2.24) is 9.97 Å². The SMILES string of the molecule is Nc1cnc(Oc2ccc3c(c2)CCCC3)nc1. The molecule has 0 saturated carbocycles. The number of nitrogen functional groups attached to an aromatic ring is 1. The van der Waals surface area contributed by atoms with Crippen molar-refractivity contribution < 1.29 is 4.74 Å². The highest BCUT2D eigenvalue weighted by molar-refractivity contribution is 5.38. The van der Waals surface area contributed by atoms with Crippen LogP contribution in [0.4, 0.5) is 5.69 Å². The number of fused-ring (bicyclic) bond motifs is 1. The third-order valence-electron chi connectivity index (χ3n) is 3.18. The van der Waals surface area contributed by atoms with E-state index in [0.717, 1.165) is 12.2 Å². The minimum atomic E-state index is 0.333. The van der Waals surface area contributed by atoms with E-state index in [0.29, 0.717) is 11.7 Å². The molecule has 0 saturated heterocycles. The molecule has 1 aliphatic carbocycles. The first-order chi connectivity index (χ1) is 8.81. The van der Waals surface area contributed by atoms with Gasteiger partial charge in [0.1, 0.15) is 5.75 Å². The monoisotopic (exact) mass is 241 g/mol. The van der Waals surface area contributed by atoms with Crippen molar-refractivity contribution in [1.29, 1.82) is 0 Å². The largest absolute Gasteiger partial charge is 0.424 e. The van der Waals surface area contributed by atoms with E-state index < -0.39 is 0 Å². The zero-order valence-electron chi connectivity index (χ0n) is 10.1. The molecule has 3 rings (SSSR count). The van der Waals surface area contributed by atoms with Crippen LogP contribution in [-0.4, -0.2) is 9.97 Å². The highest BCUT2D eigenvalue weighted by Gasteiger charge is 2.10. The van der Waals surface area contributed by atoms with Gasteiger partial charge in [0.05, 0.1) is 18.1 Å². The molecular weight excluding hydrogens is 226 g/mol. The van der Waals surface area contributed by atoms with Gasteiger partial charge in [-0.15, -0.1) is 0 Å². The molecule has 2 aromatic rings. The summed E-state index contributed by atoms with van der Waals surface area (Å²) in [6, 6.07) is 6.54. The van der Waals surface area contributed by atoms with Crippen LogP contribution in [0.1, 0.15) is 24.0 Å². The molecule has 4 heteroatoms. The number of ether oxygens (including phenoxy) is 1. The molecule has 1 aromatic heterocycles. The van der Waals surface area contributed by atoms with E-state index in [4.69, 9.17) is 10.5 Å². The van der Waals surface area contributed by atoms with Crippen LogP contribution in [0.2, 0.25) is 0 Å². The van der Waals surface area contributed by atoms with Gasteiger partial charge in [-0.05, 0) is 48.9 Å². The van der Waals surface area contributed by atoms with E-state index in [1.807, 2.05) is 6.07 Å². The van der Waals surface area contributed by atoms with Gasteiger partial charge in [0.25, 0.3) is 0 Å². The average molecular weight is 241 g/mol. The molecular formula is C14H15N3O. The Morgan fingerprint density at radius 2 is 1.72 bits per heavy atom. The Hall–Kier alpha value is -2.10. The lowest BCUT2D eigenvalue weighted by Crippen LogP contribution is -2.02. The normalized spacial score (nSPS) is 14.0. The molecule has 1 aliphatic rings. The van der Waals surface area contributed by atoms with Crippen molar-refractivity contribution in [2.24, 2.45) is 0 Å². The zero-order valence-corrected chi connectivity index (χ0v) is 10.1. The number of nitrogens with two attached hydrogens (primary N) is 1. The fourth-order valence-electron chi connectivity index (χ4n) is 2.26. The molecule has 0 aliphatic heterocycles. The average Bonchev–Trinajstić information content (AvgIpc) is 2.41. The van der Waals surface area contributed by atoms with E-state index >= 15 is 0 Å². The zero-order chi connectivity index (χ0) is 12.4. The Balaban J connectivity index is 1.82. The molecule has 18 heavy (non-hydrogen) atoms. The molecule has 1 aromatic carbocycles. The van der Waals surface area contributed by atoms with Gasteiger partial charge in [-0.1, -0.05) is 6.07 Å². The van der Waals surface area contributed by atoms with E-state index in [1.54, 1.807) is 12.4 Å². The summed E-state index contributed by atoms with van der Waals surface area (Å²) in [6.45, 7) is 0. The van der Waals surface area contributed by atoms with Gasteiger partial charge in [-0.25, -0.2) is 9.97 Å².